The molecule has 2 rings (SSSR count). The maximum Gasteiger partial charge on any atom is 0.186 e. The van der Waals surface area contributed by atoms with Crippen molar-refractivity contribution in [1.29, 1.82) is 0 Å². The van der Waals surface area contributed by atoms with E-state index >= 15 is 0 Å². The fourth-order valence-electron chi connectivity index (χ4n) is 1.93. The quantitative estimate of drug-likeness (QED) is 0.851. The molecule has 108 valence electrons. The van der Waals surface area contributed by atoms with Crippen LogP contribution in [0.1, 0.15) is 18.3 Å². The first-order chi connectivity index (χ1) is 9.33. The van der Waals surface area contributed by atoms with Crippen LogP contribution in [0.3, 0.4) is 0 Å². The van der Waals surface area contributed by atoms with Gasteiger partial charge in [-0.2, -0.15) is 5.10 Å². The summed E-state index contributed by atoms with van der Waals surface area (Å²) in [7, 11) is -1.76. The van der Waals surface area contributed by atoms with Gasteiger partial charge in [0.2, 0.25) is 0 Å². The number of hydrogen-bond donors (Lipinski definition) is 1. The summed E-state index contributed by atoms with van der Waals surface area (Å²) in [6.07, 6.45) is 0.771. The Morgan fingerprint density at radius 3 is 2.65 bits per heavy atom. The van der Waals surface area contributed by atoms with Crippen molar-refractivity contribution in [3.8, 4) is 0 Å². The van der Waals surface area contributed by atoms with E-state index in [1.807, 2.05) is 13.0 Å². The minimum atomic E-state index is -3.50. The van der Waals surface area contributed by atoms with Gasteiger partial charge in [-0.3, -0.25) is 4.68 Å². The smallest absolute Gasteiger partial charge is 0.186 e. The Hall–Kier alpha value is -1.34. The van der Waals surface area contributed by atoms with Crippen LogP contribution in [0.2, 0.25) is 0 Å². The summed E-state index contributed by atoms with van der Waals surface area (Å²) < 4.78 is 27.3. The fraction of sp³-hybridized carbons (Fsp3) is 0.308. The summed E-state index contributed by atoms with van der Waals surface area (Å²) in [5.41, 5.74) is 7.56. The average Bonchev–Trinajstić information content (AvgIpc) is 2.72. The molecular weight excluding hydrogens is 342 g/mol. The number of aromatic nitrogens is 2. The number of nitrogens with zero attached hydrogens (tertiary/aromatic N) is 2. The molecule has 2 aromatic rings. The van der Waals surface area contributed by atoms with Gasteiger partial charge in [0, 0.05) is 11.5 Å². The molecule has 0 fully saturated rings. The first kappa shape index (κ1) is 15.1. The molecule has 0 saturated carbocycles. The molecule has 0 amide bonds. The molecule has 0 aliphatic rings. The molecule has 5 nitrogen and oxygen atoms in total. The Bertz CT molecular complexity index is 738. The van der Waals surface area contributed by atoms with Gasteiger partial charge in [-0.25, -0.2) is 8.42 Å². The molecule has 1 heterocycles. The zero-order valence-corrected chi connectivity index (χ0v) is 13.7. The highest BCUT2D eigenvalue weighted by Crippen LogP contribution is 2.26. The van der Waals surface area contributed by atoms with Gasteiger partial charge in [-0.15, -0.1) is 0 Å². The number of rotatable bonds is 4. The molecule has 0 atom stereocenters. The first-order valence-corrected chi connectivity index (χ1v) is 8.57. The highest BCUT2D eigenvalue weighted by atomic mass is 79.9. The van der Waals surface area contributed by atoms with Gasteiger partial charge in [0.15, 0.2) is 9.84 Å². The maximum atomic E-state index is 12.5. The van der Waals surface area contributed by atoms with Gasteiger partial charge in [0.05, 0.1) is 27.7 Å². The predicted molar refractivity (Wildman–Crippen MR) is 82.0 cm³/mol. The Kier molecular flexibility index (Phi) is 4.19. The molecule has 0 spiro atoms. The largest absolute Gasteiger partial charge is 0.398 e. The van der Waals surface area contributed by atoms with Crippen molar-refractivity contribution in [3.63, 3.8) is 0 Å². The number of hydrogen-bond acceptors (Lipinski definition) is 4. The van der Waals surface area contributed by atoms with Crippen LogP contribution >= 0.6 is 15.9 Å². The van der Waals surface area contributed by atoms with E-state index in [4.69, 9.17) is 5.73 Å². The minimum Gasteiger partial charge on any atom is -0.398 e. The molecular formula is C13H16BrN3O2S. The molecule has 7 heteroatoms. The monoisotopic (exact) mass is 357 g/mol. The summed E-state index contributed by atoms with van der Waals surface area (Å²) in [6.45, 7) is 1.98. The number of benzene rings is 1. The van der Waals surface area contributed by atoms with E-state index < -0.39 is 9.84 Å². The lowest BCUT2D eigenvalue weighted by Gasteiger charge is -2.08. The first-order valence-electron chi connectivity index (χ1n) is 6.13. The molecule has 0 aliphatic carbocycles. The van der Waals surface area contributed by atoms with Crippen LogP contribution < -0.4 is 5.73 Å². The summed E-state index contributed by atoms with van der Waals surface area (Å²) in [6, 6.07) is 6.64. The zero-order valence-electron chi connectivity index (χ0n) is 11.3. The minimum absolute atomic E-state index is 0.114. The van der Waals surface area contributed by atoms with E-state index in [1.54, 1.807) is 23.9 Å². The third-order valence-electron chi connectivity index (χ3n) is 3.04. The standard InChI is InChI=1S/C13H16BrN3O2S/c1-3-10-7-11(17(2)16-10)8-20(18,19)13-6-9(14)4-5-12(13)15/h4-7H,3,8,15H2,1-2H3. The van der Waals surface area contributed by atoms with Crippen LogP contribution in [-0.4, -0.2) is 18.2 Å². The third kappa shape index (κ3) is 3.04. The highest BCUT2D eigenvalue weighted by Gasteiger charge is 2.21. The predicted octanol–water partition coefficient (Wildman–Crippen LogP) is 2.30. The van der Waals surface area contributed by atoms with Crippen molar-refractivity contribution in [2.24, 2.45) is 7.05 Å². The van der Waals surface area contributed by atoms with Crippen LogP contribution in [0.5, 0.6) is 0 Å². The number of sulfone groups is 1. The Balaban J connectivity index is 2.40. The van der Waals surface area contributed by atoms with Crippen LogP contribution in [0.4, 0.5) is 5.69 Å². The van der Waals surface area contributed by atoms with Gasteiger partial charge >= 0.3 is 0 Å². The number of nitrogen functional groups attached to an aromatic ring is 1. The van der Waals surface area contributed by atoms with E-state index in [2.05, 4.69) is 21.0 Å². The van der Waals surface area contributed by atoms with Crippen molar-refractivity contribution in [3.05, 3.63) is 40.1 Å². The summed E-state index contributed by atoms with van der Waals surface area (Å²) in [5, 5.41) is 4.26. The third-order valence-corrected chi connectivity index (χ3v) is 5.23. The number of aryl methyl sites for hydroxylation is 2. The number of halogens is 1. The average molecular weight is 358 g/mol. The van der Waals surface area contributed by atoms with Crippen LogP contribution in [0.15, 0.2) is 33.6 Å². The fourth-order valence-corrected chi connectivity index (χ4v) is 3.99. The number of nitrogens with two attached hydrogens (primary N) is 1. The van der Waals surface area contributed by atoms with Crippen molar-refractivity contribution >= 4 is 31.5 Å². The molecule has 2 N–H and O–H groups in total. The second-order valence-corrected chi connectivity index (χ2v) is 7.42. The maximum absolute atomic E-state index is 12.5. The van der Waals surface area contributed by atoms with E-state index in [9.17, 15) is 8.42 Å². The Labute approximate surface area is 126 Å². The highest BCUT2D eigenvalue weighted by molar-refractivity contribution is 9.10. The van der Waals surface area contributed by atoms with E-state index in [0.717, 1.165) is 12.1 Å². The van der Waals surface area contributed by atoms with Gasteiger partial charge in [-0.05, 0) is 30.7 Å². The summed E-state index contributed by atoms with van der Waals surface area (Å²) in [4.78, 5) is 0.145. The van der Waals surface area contributed by atoms with Gasteiger partial charge in [-0.1, -0.05) is 22.9 Å². The lowest BCUT2D eigenvalue weighted by Crippen LogP contribution is -2.10. The second-order valence-electron chi connectivity index (χ2n) is 4.55. The molecule has 1 aromatic carbocycles. The zero-order chi connectivity index (χ0) is 14.9. The van der Waals surface area contributed by atoms with Crippen LogP contribution in [0, 0.1) is 0 Å². The van der Waals surface area contributed by atoms with E-state index in [1.165, 1.54) is 6.07 Å². The van der Waals surface area contributed by atoms with Gasteiger partial charge in [0.25, 0.3) is 0 Å². The SMILES string of the molecule is CCc1cc(CS(=O)(=O)c2cc(Br)ccc2N)n(C)n1. The molecule has 0 aliphatic heterocycles. The van der Waals surface area contributed by atoms with E-state index in [0.29, 0.717) is 10.2 Å². The summed E-state index contributed by atoms with van der Waals surface area (Å²) in [5.74, 6) is -0.114. The van der Waals surface area contributed by atoms with Crippen molar-refractivity contribution in [2.75, 3.05) is 5.73 Å². The molecule has 0 unspecified atom stereocenters. The van der Waals surface area contributed by atoms with Crippen molar-refractivity contribution < 1.29 is 8.42 Å². The number of anilines is 1. The van der Waals surface area contributed by atoms with Gasteiger partial charge in [0.1, 0.15) is 0 Å². The van der Waals surface area contributed by atoms with Crippen LogP contribution in [-0.2, 0) is 29.1 Å². The van der Waals surface area contributed by atoms with Crippen LogP contribution in [0.25, 0.3) is 0 Å². The van der Waals surface area contributed by atoms with Crippen molar-refractivity contribution in [1.82, 2.24) is 9.78 Å². The molecule has 20 heavy (non-hydrogen) atoms. The van der Waals surface area contributed by atoms with E-state index in [-0.39, 0.29) is 16.3 Å². The summed E-state index contributed by atoms with van der Waals surface area (Å²) >= 11 is 3.27. The topological polar surface area (TPSA) is 78.0 Å². The lowest BCUT2D eigenvalue weighted by molar-refractivity contribution is 0.592. The Morgan fingerprint density at radius 1 is 1.35 bits per heavy atom. The molecule has 0 saturated heterocycles. The van der Waals surface area contributed by atoms with Gasteiger partial charge < -0.3 is 5.73 Å². The lowest BCUT2D eigenvalue weighted by atomic mass is 10.3. The molecule has 1 aromatic heterocycles. The molecule has 0 radical (unpaired) electrons. The Morgan fingerprint density at radius 2 is 2.05 bits per heavy atom. The second kappa shape index (κ2) is 5.57. The molecule has 0 bridgehead atoms. The normalized spacial score (nSPS) is 11.8. The van der Waals surface area contributed by atoms with Crippen molar-refractivity contribution in [2.45, 2.75) is 24.0 Å².